The van der Waals surface area contributed by atoms with Gasteiger partial charge in [-0.25, -0.2) is 0 Å². The number of aliphatic hydroxyl groups is 1. The Morgan fingerprint density at radius 3 is 2.82 bits per heavy atom. The van der Waals surface area contributed by atoms with Gasteiger partial charge in [0, 0.05) is 44.5 Å². The Kier molecular flexibility index (Phi) is 3.51. The molecule has 0 saturated carbocycles. The first-order valence-corrected chi connectivity index (χ1v) is 6.09. The van der Waals surface area contributed by atoms with Crippen LogP contribution in [0.1, 0.15) is 36.9 Å². The van der Waals surface area contributed by atoms with Crippen molar-refractivity contribution in [1.29, 1.82) is 0 Å². The number of rotatable bonds is 3. The van der Waals surface area contributed by atoms with Crippen LogP contribution >= 0.6 is 0 Å². The minimum atomic E-state index is -0.998. The van der Waals surface area contributed by atoms with E-state index in [0.29, 0.717) is 5.92 Å². The molecule has 1 saturated heterocycles. The summed E-state index contributed by atoms with van der Waals surface area (Å²) in [5, 5.41) is 14.8. The van der Waals surface area contributed by atoms with E-state index in [-0.39, 0.29) is 6.54 Å². The standard InChI is InChI=1S/C12H21N3O2/c1-12(16,8-13)10-7-15(2)14-11(10)9-3-5-17-6-4-9/h7,9,16H,3-6,8,13H2,1-2H3. The smallest absolute Gasteiger partial charge is 0.102 e. The van der Waals surface area contributed by atoms with Gasteiger partial charge in [-0.15, -0.1) is 0 Å². The zero-order valence-electron chi connectivity index (χ0n) is 10.5. The molecule has 17 heavy (non-hydrogen) atoms. The molecule has 0 aliphatic carbocycles. The summed E-state index contributed by atoms with van der Waals surface area (Å²) in [7, 11) is 1.87. The number of nitrogens with zero attached hydrogens (tertiary/aromatic N) is 2. The molecule has 5 nitrogen and oxygen atoms in total. The molecule has 0 amide bonds. The molecule has 5 heteroatoms. The maximum atomic E-state index is 10.3. The molecular formula is C12H21N3O2. The molecule has 1 unspecified atom stereocenters. The molecule has 2 rings (SSSR count). The van der Waals surface area contributed by atoms with Gasteiger partial charge in [0.2, 0.25) is 0 Å². The first kappa shape index (κ1) is 12.5. The predicted molar refractivity (Wildman–Crippen MR) is 64.6 cm³/mol. The van der Waals surface area contributed by atoms with Crippen LogP contribution < -0.4 is 5.73 Å². The van der Waals surface area contributed by atoms with Crippen molar-refractivity contribution >= 4 is 0 Å². The number of hydrogen-bond acceptors (Lipinski definition) is 4. The van der Waals surface area contributed by atoms with E-state index in [4.69, 9.17) is 10.5 Å². The highest BCUT2D eigenvalue weighted by Gasteiger charge is 2.31. The largest absolute Gasteiger partial charge is 0.384 e. The maximum absolute atomic E-state index is 10.3. The van der Waals surface area contributed by atoms with E-state index < -0.39 is 5.60 Å². The van der Waals surface area contributed by atoms with E-state index in [1.54, 1.807) is 11.6 Å². The maximum Gasteiger partial charge on any atom is 0.102 e. The average molecular weight is 239 g/mol. The fraction of sp³-hybridized carbons (Fsp3) is 0.750. The van der Waals surface area contributed by atoms with Crippen molar-refractivity contribution in [3.63, 3.8) is 0 Å². The summed E-state index contributed by atoms with van der Waals surface area (Å²) >= 11 is 0. The van der Waals surface area contributed by atoms with Gasteiger partial charge in [-0.05, 0) is 19.8 Å². The highest BCUT2D eigenvalue weighted by molar-refractivity contribution is 5.28. The van der Waals surface area contributed by atoms with Crippen LogP contribution in [0, 0.1) is 0 Å². The summed E-state index contributed by atoms with van der Waals surface area (Å²) in [6, 6.07) is 0. The average Bonchev–Trinajstić information content (AvgIpc) is 2.73. The first-order valence-electron chi connectivity index (χ1n) is 6.09. The molecule has 3 N–H and O–H groups in total. The summed E-state index contributed by atoms with van der Waals surface area (Å²) in [6.07, 6.45) is 3.80. The molecule has 2 heterocycles. The zero-order valence-corrected chi connectivity index (χ0v) is 10.5. The Balaban J connectivity index is 2.32. The number of aryl methyl sites for hydroxylation is 1. The van der Waals surface area contributed by atoms with Gasteiger partial charge in [0.1, 0.15) is 5.60 Å². The highest BCUT2D eigenvalue weighted by Crippen LogP contribution is 2.33. The third-order valence-corrected chi connectivity index (χ3v) is 3.44. The van der Waals surface area contributed by atoms with E-state index in [2.05, 4.69) is 5.10 Å². The summed E-state index contributed by atoms with van der Waals surface area (Å²) in [6.45, 7) is 3.48. The number of ether oxygens (including phenoxy) is 1. The Morgan fingerprint density at radius 2 is 2.24 bits per heavy atom. The lowest BCUT2D eigenvalue weighted by Crippen LogP contribution is -2.32. The first-order chi connectivity index (χ1) is 8.04. The lowest BCUT2D eigenvalue weighted by atomic mass is 9.87. The summed E-state index contributed by atoms with van der Waals surface area (Å²) in [4.78, 5) is 0. The highest BCUT2D eigenvalue weighted by atomic mass is 16.5. The fourth-order valence-corrected chi connectivity index (χ4v) is 2.30. The quantitative estimate of drug-likeness (QED) is 0.804. The predicted octanol–water partition coefficient (Wildman–Crippen LogP) is 0.480. The molecule has 1 aliphatic heterocycles. The summed E-state index contributed by atoms with van der Waals surface area (Å²) < 4.78 is 7.11. The molecular weight excluding hydrogens is 218 g/mol. The van der Waals surface area contributed by atoms with Gasteiger partial charge in [0.25, 0.3) is 0 Å². The molecule has 1 aromatic rings. The van der Waals surface area contributed by atoms with Crippen LogP contribution in [0.5, 0.6) is 0 Å². The van der Waals surface area contributed by atoms with E-state index in [1.165, 1.54) is 0 Å². The van der Waals surface area contributed by atoms with Gasteiger partial charge in [-0.2, -0.15) is 5.10 Å². The SMILES string of the molecule is Cn1cc(C(C)(O)CN)c(C2CCOCC2)n1. The zero-order chi connectivity index (χ0) is 12.5. The number of hydrogen-bond donors (Lipinski definition) is 2. The molecule has 0 spiro atoms. The van der Waals surface area contributed by atoms with Crippen molar-refractivity contribution in [1.82, 2.24) is 9.78 Å². The van der Waals surface area contributed by atoms with Crippen LogP contribution in [-0.2, 0) is 17.4 Å². The normalized spacial score (nSPS) is 21.4. The second kappa shape index (κ2) is 4.76. The molecule has 0 bridgehead atoms. The Labute approximate surface area is 102 Å². The van der Waals surface area contributed by atoms with Crippen LogP contribution in [0.3, 0.4) is 0 Å². The topological polar surface area (TPSA) is 73.3 Å². The minimum Gasteiger partial charge on any atom is -0.384 e. The molecule has 1 fully saturated rings. The molecule has 1 atom stereocenters. The van der Waals surface area contributed by atoms with Gasteiger partial charge in [-0.1, -0.05) is 0 Å². The van der Waals surface area contributed by atoms with Crippen LogP contribution in [0.15, 0.2) is 6.20 Å². The molecule has 1 aliphatic rings. The lowest BCUT2D eigenvalue weighted by molar-refractivity contribution is 0.0609. The van der Waals surface area contributed by atoms with Crippen molar-refractivity contribution in [2.45, 2.75) is 31.3 Å². The number of nitrogens with two attached hydrogens (primary N) is 1. The molecule has 1 aromatic heterocycles. The third kappa shape index (κ3) is 2.51. The molecule has 0 radical (unpaired) electrons. The lowest BCUT2D eigenvalue weighted by Gasteiger charge is -2.26. The second-order valence-corrected chi connectivity index (χ2v) is 4.97. The summed E-state index contributed by atoms with van der Waals surface area (Å²) in [5.74, 6) is 0.373. The Hall–Kier alpha value is -0.910. The van der Waals surface area contributed by atoms with Crippen molar-refractivity contribution in [3.8, 4) is 0 Å². The van der Waals surface area contributed by atoms with Gasteiger partial charge in [0.15, 0.2) is 0 Å². The van der Waals surface area contributed by atoms with Crippen molar-refractivity contribution in [2.24, 2.45) is 12.8 Å². The third-order valence-electron chi connectivity index (χ3n) is 3.44. The second-order valence-electron chi connectivity index (χ2n) is 4.97. The van der Waals surface area contributed by atoms with Crippen LogP contribution in [0.4, 0.5) is 0 Å². The molecule has 96 valence electrons. The summed E-state index contributed by atoms with van der Waals surface area (Å²) in [5.41, 5.74) is 6.47. The van der Waals surface area contributed by atoms with Gasteiger partial charge < -0.3 is 15.6 Å². The molecule has 0 aromatic carbocycles. The van der Waals surface area contributed by atoms with Crippen molar-refractivity contribution in [2.75, 3.05) is 19.8 Å². The van der Waals surface area contributed by atoms with Crippen LogP contribution in [0.25, 0.3) is 0 Å². The Bertz CT molecular complexity index is 381. The van der Waals surface area contributed by atoms with E-state index in [0.717, 1.165) is 37.3 Å². The van der Waals surface area contributed by atoms with Crippen molar-refractivity contribution < 1.29 is 9.84 Å². The fourth-order valence-electron chi connectivity index (χ4n) is 2.30. The van der Waals surface area contributed by atoms with Gasteiger partial charge >= 0.3 is 0 Å². The number of aromatic nitrogens is 2. The van der Waals surface area contributed by atoms with Gasteiger partial charge in [-0.3, -0.25) is 4.68 Å². The van der Waals surface area contributed by atoms with E-state index >= 15 is 0 Å². The van der Waals surface area contributed by atoms with E-state index in [1.807, 2.05) is 13.2 Å². The van der Waals surface area contributed by atoms with E-state index in [9.17, 15) is 5.11 Å². The van der Waals surface area contributed by atoms with Crippen LogP contribution in [0.2, 0.25) is 0 Å². The minimum absolute atomic E-state index is 0.203. The van der Waals surface area contributed by atoms with Gasteiger partial charge in [0.05, 0.1) is 5.69 Å². The van der Waals surface area contributed by atoms with Crippen molar-refractivity contribution in [3.05, 3.63) is 17.5 Å². The Morgan fingerprint density at radius 1 is 1.59 bits per heavy atom. The monoisotopic (exact) mass is 239 g/mol. The van der Waals surface area contributed by atoms with Crippen LogP contribution in [-0.4, -0.2) is 34.6 Å².